The quantitative estimate of drug-likeness (QED) is 0.606. The number of methoxy groups -OCH3 is 2. The Morgan fingerprint density at radius 3 is 2.52 bits per heavy atom. The third-order valence-electron chi connectivity index (χ3n) is 4.08. The van der Waals surface area contributed by atoms with Crippen molar-refractivity contribution < 1.29 is 27.9 Å². The lowest BCUT2D eigenvalue weighted by atomic mass is 10.1. The minimum atomic E-state index is -0.462. The average molecular weight is 371 g/mol. The van der Waals surface area contributed by atoms with Crippen molar-refractivity contribution in [3.63, 3.8) is 0 Å². The molecule has 0 atom stereocenters. The number of benzene rings is 2. The maximum absolute atomic E-state index is 13.1. The summed E-state index contributed by atoms with van der Waals surface area (Å²) in [7, 11) is 2.79. The van der Waals surface area contributed by atoms with E-state index in [-0.39, 0.29) is 12.4 Å². The maximum Gasteiger partial charge on any atom is 0.337 e. The van der Waals surface area contributed by atoms with Crippen LogP contribution in [0.4, 0.5) is 4.39 Å². The fourth-order valence-electron chi connectivity index (χ4n) is 2.55. The van der Waals surface area contributed by atoms with Gasteiger partial charge < -0.3 is 18.7 Å². The molecular weight excluding hydrogens is 353 g/mol. The Morgan fingerprint density at radius 1 is 1.11 bits per heavy atom. The van der Waals surface area contributed by atoms with E-state index in [2.05, 4.69) is 5.16 Å². The lowest BCUT2D eigenvalue weighted by molar-refractivity contribution is 0.0600. The molecule has 0 bridgehead atoms. The van der Waals surface area contributed by atoms with E-state index < -0.39 is 5.97 Å². The topological polar surface area (TPSA) is 70.8 Å². The van der Waals surface area contributed by atoms with Gasteiger partial charge in [-0.05, 0) is 49.4 Å². The molecule has 3 rings (SSSR count). The summed E-state index contributed by atoms with van der Waals surface area (Å²) in [6, 6.07) is 10.7. The number of carbonyl (C=O) groups excluding carboxylic acids is 1. The molecule has 0 aliphatic carbocycles. The Labute approximate surface area is 155 Å². The molecule has 6 nitrogen and oxygen atoms in total. The van der Waals surface area contributed by atoms with Crippen LogP contribution in [0.2, 0.25) is 0 Å². The minimum Gasteiger partial charge on any atom is -0.493 e. The molecule has 140 valence electrons. The minimum absolute atomic E-state index is 0.143. The number of rotatable bonds is 6. The lowest BCUT2D eigenvalue weighted by Gasteiger charge is -2.11. The van der Waals surface area contributed by atoms with Crippen LogP contribution in [0.5, 0.6) is 11.5 Å². The zero-order valence-electron chi connectivity index (χ0n) is 15.1. The van der Waals surface area contributed by atoms with Crippen molar-refractivity contribution in [1.82, 2.24) is 5.16 Å². The Morgan fingerprint density at radius 2 is 1.85 bits per heavy atom. The monoisotopic (exact) mass is 371 g/mol. The number of esters is 1. The predicted molar refractivity (Wildman–Crippen MR) is 95.3 cm³/mol. The van der Waals surface area contributed by atoms with E-state index >= 15 is 0 Å². The molecule has 27 heavy (non-hydrogen) atoms. The van der Waals surface area contributed by atoms with E-state index in [9.17, 15) is 9.18 Å². The van der Waals surface area contributed by atoms with Crippen molar-refractivity contribution in [1.29, 1.82) is 0 Å². The normalized spacial score (nSPS) is 10.5. The van der Waals surface area contributed by atoms with Gasteiger partial charge >= 0.3 is 5.97 Å². The fraction of sp³-hybridized carbons (Fsp3) is 0.200. The highest BCUT2D eigenvalue weighted by Crippen LogP contribution is 2.31. The molecule has 0 amide bonds. The van der Waals surface area contributed by atoms with Gasteiger partial charge in [-0.2, -0.15) is 0 Å². The van der Waals surface area contributed by atoms with Gasteiger partial charge in [0, 0.05) is 11.1 Å². The molecule has 0 N–H and O–H groups in total. The van der Waals surface area contributed by atoms with Crippen molar-refractivity contribution in [3.8, 4) is 22.8 Å². The number of hydrogen-bond acceptors (Lipinski definition) is 6. The molecule has 0 radical (unpaired) electrons. The van der Waals surface area contributed by atoms with Crippen LogP contribution in [-0.4, -0.2) is 25.3 Å². The van der Waals surface area contributed by atoms with Crippen molar-refractivity contribution in [3.05, 3.63) is 65.1 Å². The van der Waals surface area contributed by atoms with Crippen LogP contribution in [0.25, 0.3) is 11.3 Å². The zero-order valence-corrected chi connectivity index (χ0v) is 15.1. The van der Waals surface area contributed by atoms with Crippen LogP contribution in [0, 0.1) is 12.7 Å². The summed E-state index contributed by atoms with van der Waals surface area (Å²) in [5.41, 5.74) is 2.49. The Balaban J connectivity index is 1.77. The number of hydrogen-bond donors (Lipinski definition) is 0. The first-order chi connectivity index (χ1) is 13.0. The largest absolute Gasteiger partial charge is 0.493 e. The highest BCUT2D eigenvalue weighted by Gasteiger charge is 2.16. The summed E-state index contributed by atoms with van der Waals surface area (Å²) in [5.74, 6) is 0.633. The van der Waals surface area contributed by atoms with Crippen molar-refractivity contribution in [2.45, 2.75) is 13.5 Å². The third kappa shape index (κ3) is 3.92. The highest BCUT2D eigenvalue weighted by molar-refractivity contribution is 5.90. The third-order valence-corrected chi connectivity index (χ3v) is 4.08. The summed E-state index contributed by atoms with van der Waals surface area (Å²) in [4.78, 5) is 11.6. The maximum atomic E-state index is 13.1. The number of ether oxygens (including phenoxy) is 3. The van der Waals surface area contributed by atoms with Gasteiger partial charge in [0.2, 0.25) is 0 Å². The summed E-state index contributed by atoms with van der Waals surface area (Å²) >= 11 is 0. The molecule has 3 aromatic rings. The van der Waals surface area contributed by atoms with Gasteiger partial charge in [0.25, 0.3) is 0 Å². The standard InChI is InChI=1S/C20H18FNO5/c1-12-16(22-27-19(12)13-4-7-15(21)8-5-13)11-26-17-9-6-14(20(23)25-3)10-18(17)24-2/h4-10H,11H2,1-3H3. The summed E-state index contributed by atoms with van der Waals surface area (Å²) < 4.78 is 34.2. The number of aromatic nitrogens is 1. The van der Waals surface area contributed by atoms with Crippen molar-refractivity contribution in [2.75, 3.05) is 14.2 Å². The van der Waals surface area contributed by atoms with E-state index in [1.165, 1.54) is 26.4 Å². The van der Waals surface area contributed by atoms with E-state index in [4.69, 9.17) is 18.7 Å². The average Bonchev–Trinajstić information content (AvgIpc) is 3.06. The van der Waals surface area contributed by atoms with Crippen LogP contribution >= 0.6 is 0 Å². The van der Waals surface area contributed by atoms with Gasteiger partial charge in [-0.25, -0.2) is 9.18 Å². The molecule has 2 aromatic carbocycles. The smallest absolute Gasteiger partial charge is 0.337 e. The first-order valence-corrected chi connectivity index (χ1v) is 8.13. The highest BCUT2D eigenvalue weighted by atomic mass is 19.1. The van der Waals surface area contributed by atoms with Crippen molar-refractivity contribution >= 4 is 5.97 Å². The molecule has 0 spiro atoms. The van der Waals surface area contributed by atoms with Crippen LogP contribution in [0.1, 0.15) is 21.6 Å². The molecule has 0 unspecified atom stereocenters. The molecule has 1 aromatic heterocycles. The van der Waals surface area contributed by atoms with E-state index in [0.29, 0.717) is 28.5 Å². The van der Waals surface area contributed by atoms with Crippen LogP contribution in [0.15, 0.2) is 47.0 Å². The van der Waals surface area contributed by atoms with E-state index in [1.807, 2.05) is 6.92 Å². The van der Waals surface area contributed by atoms with Crippen LogP contribution in [0.3, 0.4) is 0 Å². The predicted octanol–water partition coefficient (Wildman–Crippen LogP) is 4.16. The Hall–Kier alpha value is -3.35. The fourth-order valence-corrected chi connectivity index (χ4v) is 2.55. The van der Waals surface area contributed by atoms with E-state index in [1.54, 1.807) is 30.3 Å². The van der Waals surface area contributed by atoms with Crippen LogP contribution in [-0.2, 0) is 11.3 Å². The van der Waals surface area contributed by atoms with Gasteiger partial charge in [0.1, 0.15) is 18.1 Å². The Kier molecular flexibility index (Phi) is 5.40. The number of carbonyl (C=O) groups is 1. The molecule has 1 heterocycles. The molecule has 0 saturated carbocycles. The number of nitrogens with zero attached hydrogens (tertiary/aromatic N) is 1. The first-order valence-electron chi connectivity index (χ1n) is 8.13. The second kappa shape index (κ2) is 7.90. The van der Waals surface area contributed by atoms with Crippen LogP contribution < -0.4 is 9.47 Å². The summed E-state index contributed by atoms with van der Waals surface area (Å²) in [5, 5.41) is 4.04. The lowest BCUT2D eigenvalue weighted by Crippen LogP contribution is -2.03. The molecule has 0 fully saturated rings. The summed E-state index contributed by atoms with van der Waals surface area (Å²) in [6.45, 7) is 2.00. The molecule has 7 heteroatoms. The van der Waals surface area contributed by atoms with Gasteiger partial charge in [-0.15, -0.1) is 0 Å². The summed E-state index contributed by atoms with van der Waals surface area (Å²) in [6.07, 6.45) is 0. The SMILES string of the molecule is COC(=O)c1ccc(OCc2noc(-c3ccc(F)cc3)c2C)c(OC)c1. The van der Waals surface area contributed by atoms with Gasteiger partial charge in [-0.1, -0.05) is 5.16 Å². The van der Waals surface area contributed by atoms with Gasteiger partial charge in [0.05, 0.1) is 19.8 Å². The molecule has 0 aliphatic rings. The number of halogens is 1. The zero-order chi connectivity index (χ0) is 19.4. The Bertz CT molecular complexity index is 950. The second-order valence-corrected chi connectivity index (χ2v) is 5.74. The van der Waals surface area contributed by atoms with Gasteiger partial charge in [-0.3, -0.25) is 0 Å². The van der Waals surface area contributed by atoms with Gasteiger partial charge in [0.15, 0.2) is 17.3 Å². The molecule has 0 aliphatic heterocycles. The van der Waals surface area contributed by atoms with E-state index in [0.717, 1.165) is 11.1 Å². The van der Waals surface area contributed by atoms with Crippen molar-refractivity contribution in [2.24, 2.45) is 0 Å². The molecule has 0 saturated heterocycles. The molecular formula is C20H18FNO5. The second-order valence-electron chi connectivity index (χ2n) is 5.74. The first kappa shape index (κ1) is 18.4.